The zero-order chi connectivity index (χ0) is 21.0. The predicted octanol–water partition coefficient (Wildman–Crippen LogP) is 8.83. The van der Waals surface area contributed by atoms with Crippen LogP contribution in [0.3, 0.4) is 0 Å². The molecule has 2 nitrogen and oxygen atoms in total. The maximum atomic E-state index is 12.1. The van der Waals surface area contributed by atoms with Crippen molar-refractivity contribution < 1.29 is 9.53 Å². The third-order valence-electron chi connectivity index (χ3n) is 5.56. The second kappa shape index (κ2) is 19.0. The van der Waals surface area contributed by atoms with Gasteiger partial charge in [-0.05, 0) is 24.8 Å². The van der Waals surface area contributed by atoms with Crippen LogP contribution in [0.5, 0.6) is 0 Å². The number of benzene rings is 1. The zero-order valence-corrected chi connectivity index (χ0v) is 19.9. The fourth-order valence-corrected chi connectivity index (χ4v) is 4.29. The Balaban J connectivity index is 1.84. The van der Waals surface area contributed by atoms with E-state index in [1.54, 1.807) is 11.8 Å². The number of carbonyl (C=O) groups is 1. The summed E-state index contributed by atoms with van der Waals surface area (Å²) in [5.41, 5.74) is 0.691. The normalized spacial score (nSPS) is 11.0. The molecule has 166 valence electrons. The maximum Gasteiger partial charge on any atom is 0.339 e. The molecule has 3 heteroatoms. The summed E-state index contributed by atoms with van der Waals surface area (Å²) < 4.78 is 5.44. The number of rotatable bonds is 19. The molecule has 0 fully saturated rings. The molecular formula is C26H44O2S. The summed E-state index contributed by atoms with van der Waals surface area (Å²) in [6, 6.07) is 7.67. The maximum absolute atomic E-state index is 12.1. The van der Waals surface area contributed by atoms with Gasteiger partial charge < -0.3 is 4.74 Å². The monoisotopic (exact) mass is 420 g/mol. The lowest BCUT2D eigenvalue weighted by atomic mass is 10.0. The number of unbranched alkanes of at least 4 members (excludes halogenated alkanes) is 15. The molecule has 0 N–H and O–H groups in total. The fourth-order valence-electron chi connectivity index (χ4n) is 3.71. The van der Waals surface area contributed by atoms with Crippen LogP contribution in [0.1, 0.15) is 120 Å². The van der Waals surface area contributed by atoms with Gasteiger partial charge in [-0.15, -0.1) is 11.8 Å². The smallest absolute Gasteiger partial charge is 0.339 e. The van der Waals surface area contributed by atoms with E-state index in [2.05, 4.69) is 6.92 Å². The van der Waals surface area contributed by atoms with Gasteiger partial charge in [0.05, 0.1) is 12.2 Å². The molecule has 0 radical (unpaired) electrons. The minimum atomic E-state index is -0.184. The first-order chi connectivity index (χ1) is 14.3. The molecule has 0 unspecified atom stereocenters. The van der Waals surface area contributed by atoms with E-state index in [0.717, 1.165) is 17.7 Å². The lowest BCUT2D eigenvalue weighted by Gasteiger charge is -2.08. The first-order valence-electron chi connectivity index (χ1n) is 12.1. The van der Waals surface area contributed by atoms with Crippen LogP contribution in [-0.2, 0) is 4.74 Å². The van der Waals surface area contributed by atoms with E-state index in [1.807, 2.05) is 30.5 Å². The predicted molar refractivity (Wildman–Crippen MR) is 128 cm³/mol. The molecule has 29 heavy (non-hydrogen) atoms. The third-order valence-corrected chi connectivity index (χ3v) is 6.35. The number of hydrogen-bond donors (Lipinski definition) is 0. The molecule has 0 spiro atoms. The second-order valence-electron chi connectivity index (χ2n) is 8.14. The van der Waals surface area contributed by atoms with Gasteiger partial charge in [-0.25, -0.2) is 4.79 Å². The second-order valence-corrected chi connectivity index (χ2v) is 8.99. The van der Waals surface area contributed by atoms with Crippen LogP contribution < -0.4 is 0 Å². The molecule has 0 heterocycles. The fraction of sp³-hybridized carbons (Fsp3) is 0.731. The van der Waals surface area contributed by atoms with E-state index in [4.69, 9.17) is 4.74 Å². The Bertz CT molecular complexity index is 515. The van der Waals surface area contributed by atoms with Crippen molar-refractivity contribution in [2.24, 2.45) is 0 Å². The van der Waals surface area contributed by atoms with Crippen LogP contribution in [-0.4, -0.2) is 18.8 Å². The Morgan fingerprint density at radius 2 is 1.17 bits per heavy atom. The molecule has 1 rings (SSSR count). The van der Waals surface area contributed by atoms with E-state index in [0.29, 0.717) is 12.2 Å². The molecule has 0 amide bonds. The van der Waals surface area contributed by atoms with Crippen LogP contribution >= 0.6 is 11.8 Å². The van der Waals surface area contributed by atoms with Gasteiger partial charge >= 0.3 is 5.97 Å². The Kier molecular flexibility index (Phi) is 17.1. The Labute approximate surface area is 184 Å². The van der Waals surface area contributed by atoms with Crippen LogP contribution in [0.25, 0.3) is 0 Å². The first kappa shape index (κ1) is 26.1. The van der Waals surface area contributed by atoms with Crippen LogP contribution in [0.4, 0.5) is 0 Å². The van der Waals surface area contributed by atoms with Gasteiger partial charge in [0.15, 0.2) is 0 Å². The first-order valence-corrected chi connectivity index (χ1v) is 13.3. The molecule has 0 atom stereocenters. The molecule has 0 aromatic heterocycles. The summed E-state index contributed by atoms with van der Waals surface area (Å²) in [5.74, 6) is -0.184. The van der Waals surface area contributed by atoms with Gasteiger partial charge in [0.1, 0.15) is 0 Å². The molecule has 0 bridgehead atoms. The van der Waals surface area contributed by atoms with E-state index in [1.165, 1.54) is 89.9 Å². The van der Waals surface area contributed by atoms with Crippen molar-refractivity contribution in [3.05, 3.63) is 29.8 Å². The lowest BCUT2D eigenvalue weighted by Crippen LogP contribution is -2.07. The van der Waals surface area contributed by atoms with Gasteiger partial charge in [-0.1, -0.05) is 115 Å². The molecule has 0 aliphatic carbocycles. The average Bonchev–Trinajstić information content (AvgIpc) is 2.75. The van der Waals surface area contributed by atoms with Crippen molar-refractivity contribution in [1.29, 1.82) is 0 Å². The summed E-state index contributed by atoms with van der Waals surface area (Å²) in [7, 11) is 0. The van der Waals surface area contributed by atoms with Crippen molar-refractivity contribution in [3.8, 4) is 0 Å². The van der Waals surface area contributed by atoms with E-state index in [-0.39, 0.29) is 5.97 Å². The highest BCUT2D eigenvalue weighted by molar-refractivity contribution is 7.98. The van der Waals surface area contributed by atoms with Crippen LogP contribution in [0, 0.1) is 0 Å². The summed E-state index contributed by atoms with van der Waals surface area (Å²) in [6.45, 7) is 2.82. The van der Waals surface area contributed by atoms with Crippen LogP contribution in [0.2, 0.25) is 0 Å². The average molecular weight is 421 g/mol. The van der Waals surface area contributed by atoms with Gasteiger partial charge in [-0.3, -0.25) is 0 Å². The van der Waals surface area contributed by atoms with Crippen molar-refractivity contribution in [3.63, 3.8) is 0 Å². The zero-order valence-electron chi connectivity index (χ0n) is 19.1. The molecule has 1 aromatic rings. The van der Waals surface area contributed by atoms with Crippen LogP contribution in [0.15, 0.2) is 29.2 Å². The minimum Gasteiger partial charge on any atom is -0.462 e. The standard InChI is InChI=1S/C26H44O2S/c1-3-4-5-6-7-8-9-10-11-12-13-14-15-16-17-20-23-28-26(27)24-21-18-19-22-25(24)29-2/h18-19,21-22H,3-17,20,23H2,1-2H3. The van der Waals surface area contributed by atoms with Gasteiger partial charge in [0, 0.05) is 4.90 Å². The SMILES string of the molecule is CCCCCCCCCCCCCCCCCCOC(=O)c1ccccc1SC. The number of esters is 1. The summed E-state index contributed by atoms with van der Waals surface area (Å²) in [6.07, 6.45) is 23.7. The third kappa shape index (κ3) is 13.8. The van der Waals surface area contributed by atoms with Gasteiger partial charge in [0.2, 0.25) is 0 Å². The molecular weight excluding hydrogens is 376 g/mol. The largest absolute Gasteiger partial charge is 0.462 e. The molecule has 0 aliphatic rings. The van der Waals surface area contributed by atoms with E-state index < -0.39 is 0 Å². The highest BCUT2D eigenvalue weighted by Gasteiger charge is 2.11. The number of thioether (sulfide) groups is 1. The Morgan fingerprint density at radius 1 is 0.724 bits per heavy atom. The Morgan fingerprint density at radius 3 is 1.66 bits per heavy atom. The van der Waals surface area contributed by atoms with Crippen molar-refractivity contribution >= 4 is 17.7 Å². The Hall–Kier alpha value is -0.960. The lowest BCUT2D eigenvalue weighted by molar-refractivity contribution is 0.0493. The highest BCUT2D eigenvalue weighted by Crippen LogP contribution is 2.20. The number of hydrogen-bond acceptors (Lipinski definition) is 3. The van der Waals surface area contributed by atoms with Crippen molar-refractivity contribution in [1.82, 2.24) is 0 Å². The van der Waals surface area contributed by atoms with E-state index in [9.17, 15) is 4.79 Å². The van der Waals surface area contributed by atoms with Crippen molar-refractivity contribution in [2.75, 3.05) is 12.9 Å². The number of carbonyl (C=O) groups excluding carboxylic acids is 1. The summed E-state index contributed by atoms with van der Waals surface area (Å²) >= 11 is 1.59. The van der Waals surface area contributed by atoms with E-state index >= 15 is 0 Å². The minimum absolute atomic E-state index is 0.184. The number of ether oxygens (including phenoxy) is 1. The van der Waals surface area contributed by atoms with Crippen molar-refractivity contribution in [2.45, 2.75) is 115 Å². The summed E-state index contributed by atoms with van der Waals surface area (Å²) in [4.78, 5) is 13.1. The quantitative estimate of drug-likeness (QED) is 0.127. The molecule has 0 aliphatic heterocycles. The van der Waals surface area contributed by atoms with Gasteiger partial charge in [-0.2, -0.15) is 0 Å². The van der Waals surface area contributed by atoms with Gasteiger partial charge in [0.25, 0.3) is 0 Å². The topological polar surface area (TPSA) is 26.3 Å². The summed E-state index contributed by atoms with van der Waals surface area (Å²) in [5, 5.41) is 0. The molecule has 1 aromatic carbocycles. The highest BCUT2D eigenvalue weighted by atomic mass is 32.2. The molecule has 0 saturated heterocycles. The molecule has 0 saturated carbocycles.